The zero-order valence-electron chi connectivity index (χ0n) is 12.3. The first-order chi connectivity index (χ1) is 10.6. The van der Waals surface area contributed by atoms with Gasteiger partial charge in [-0.1, -0.05) is 30.8 Å². The second kappa shape index (κ2) is 6.22. The van der Waals surface area contributed by atoms with E-state index in [0.29, 0.717) is 17.1 Å². The van der Waals surface area contributed by atoms with E-state index in [4.69, 9.17) is 0 Å². The molecule has 3 rings (SSSR count). The van der Waals surface area contributed by atoms with E-state index in [1.54, 1.807) is 22.0 Å². The Balaban J connectivity index is 2.15. The summed E-state index contributed by atoms with van der Waals surface area (Å²) < 4.78 is 15.0. The summed E-state index contributed by atoms with van der Waals surface area (Å²) in [5.41, 5.74) is 0.694. The van der Waals surface area contributed by atoms with Gasteiger partial charge in [-0.3, -0.25) is 9.36 Å². The Morgan fingerprint density at radius 1 is 1.36 bits per heavy atom. The molecule has 3 aromatic rings. The van der Waals surface area contributed by atoms with Gasteiger partial charge in [-0.05, 0) is 36.4 Å². The molecule has 0 bridgehead atoms. The van der Waals surface area contributed by atoms with Gasteiger partial charge >= 0.3 is 0 Å². The molecule has 2 aromatic heterocycles. The van der Waals surface area contributed by atoms with E-state index in [-0.39, 0.29) is 11.4 Å². The van der Waals surface area contributed by atoms with Crippen LogP contribution in [0.25, 0.3) is 10.2 Å². The number of fused-ring (bicyclic) bond motifs is 1. The van der Waals surface area contributed by atoms with Crippen molar-refractivity contribution in [1.29, 1.82) is 0 Å². The number of nitrogens with zero attached hydrogens (tertiary/aromatic N) is 2. The maximum absolute atomic E-state index is 13.3. The summed E-state index contributed by atoms with van der Waals surface area (Å²) in [5.74, 6) is -0.297. The summed E-state index contributed by atoms with van der Waals surface area (Å²) in [4.78, 5) is 19.3. The smallest absolute Gasteiger partial charge is 0.263 e. The third kappa shape index (κ3) is 2.80. The molecule has 22 heavy (non-hydrogen) atoms. The number of aryl methyl sites for hydroxylation is 1. The van der Waals surface area contributed by atoms with E-state index < -0.39 is 0 Å². The molecule has 1 aromatic carbocycles. The zero-order chi connectivity index (χ0) is 15.7. The summed E-state index contributed by atoms with van der Waals surface area (Å²) in [6.07, 6.45) is 2.78. The predicted molar refractivity (Wildman–Crippen MR) is 90.5 cm³/mol. The molecular weight excluding hydrogens is 319 g/mol. The fraction of sp³-hybridized carbons (Fsp3) is 0.250. The highest BCUT2D eigenvalue weighted by molar-refractivity contribution is 7.98. The number of thioether (sulfide) groups is 1. The monoisotopic (exact) mass is 334 g/mol. The van der Waals surface area contributed by atoms with Crippen LogP contribution in [0.2, 0.25) is 0 Å². The first-order valence-corrected chi connectivity index (χ1v) is 8.98. The van der Waals surface area contributed by atoms with Gasteiger partial charge in [-0.25, -0.2) is 9.37 Å². The van der Waals surface area contributed by atoms with Crippen molar-refractivity contribution in [3.05, 3.63) is 56.9 Å². The van der Waals surface area contributed by atoms with Gasteiger partial charge < -0.3 is 0 Å². The highest BCUT2D eigenvalue weighted by Gasteiger charge is 2.13. The summed E-state index contributed by atoms with van der Waals surface area (Å²) in [6.45, 7) is 2.39. The van der Waals surface area contributed by atoms with E-state index in [0.717, 1.165) is 21.7 Å². The van der Waals surface area contributed by atoms with Crippen molar-refractivity contribution >= 4 is 33.3 Å². The Kier molecular flexibility index (Phi) is 4.31. The molecule has 0 aliphatic carbocycles. The Bertz CT molecular complexity index is 885. The fourth-order valence-electron chi connectivity index (χ4n) is 2.33. The third-order valence-corrected chi connectivity index (χ3v) is 5.28. The van der Waals surface area contributed by atoms with Crippen LogP contribution < -0.4 is 5.56 Å². The number of aromatic nitrogens is 2. The van der Waals surface area contributed by atoms with E-state index >= 15 is 0 Å². The maximum Gasteiger partial charge on any atom is 0.263 e. The topological polar surface area (TPSA) is 34.9 Å². The molecule has 0 saturated carbocycles. The molecule has 114 valence electrons. The van der Waals surface area contributed by atoms with Crippen molar-refractivity contribution in [1.82, 2.24) is 9.55 Å². The van der Waals surface area contributed by atoms with Gasteiger partial charge in [0.25, 0.3) is 5.56 Å². The molecule has 0 aliphatic heterocycles. The molecule has 0 spiro atoms. The highest BCUT2D eigenvalue weighted by Crippen LogP contribution is 2.24. The second-order valence-electron chi connectivity index (χ2n) is 4.90. The number of benzene rings is 1. The quantitative estimate of drug-likeness (QED) is 0.536. The molecule has 0 unspecified atom stereocenters. The van der Waals surface area contributed by atoms with Crippen molar-refractivity contribution in [2.45, 2.75) is 25.0 Å². The summed E-state index contributed by atoms with van der Waals surface area (Å²) in [7, 11) is 0. The number of hydrogen-bond acceptors (Lipinski definition) is 4. The summed E-state index contributed by atoms with van der Waals surface area (Å²) >= 11 is 2.99. The maximum atomic E-state index is 13.3. The molecule has 0 aliphatic rings. The minimum Gasteiger partial charge on any atom is -0.283 e. The van der Waals surface area contributed by atoms with Gasteiger partial charge in [0.05, 0.1) is 11.9 Å². The van der Waals surface area contributed by atoms with Gasteiger partial charge in [-0.15, -0.1) is 11.3 Å². The van der Waals surface area contributed by atoms with Crippen molar-refractivity contribution in [3.63, 3.8) is 0 Å². The lowest BCUT2D eigenvalue weighted by Crippen LogP contribution is -2.23. The summed E-state index contributed by atoms with van der Waals surface area (Å²) in [5, 5.41) is 1.31. The molecule has 0 atom stereocenters. The molecule has 0 fully saturated rings. The van der Waals surface area contributed by atoms with Crippen molar-refractivity contribution in [3.8, 4) is 0 Å². The Labute approximate surface area is 135 Å². The van der Waals surface area contributed by atoms with Crippen LogP contribution in [0.4, 0.5) is 4.39 Å². The van der Waals surface area contributed by atoms with E-state index in [2.05, 4.69) is 11.9 Å². The van der Waals surface area contributed by atoms with Crippen LogP contribution in [-0.2, 0) is 13.0 Å². The van der Waals surface area contributed by atoms with Gasteiger partial charge in [0.1, 0.15) is 10.6 Å². The lowest BCUT2D eigenvalue weighted by atomic mass is 10.2. The number of thiophene rings is 1. The predicted octanol–water partition coefficient (Wildman–Crippen LogP) is 3.93. The average molecular weight is 334 g/mol. The molecule has 0 N–H and O–H groups in total. The second-order valence-corrected chi connectivity index (χ2v) is 6.79. The van der Waals surface area contributed by atoms with Gasteiger partial charge in [-0.2, -0.15) is 0 Å². The number of halogens is 1. The van der Waals surface area contributed by atoms with Crippen LogP contribution in [-0.4, -0.2) is 15.8 Å². The van der Waals surface area contributed by atoms with Gasteiger partial charge in [0.2, 0.25) is 0 Å². The summed E-state index contributed by atoms with van der Waals surface area (Å²) in [6, 6.07) is 8.23. The Morgan fingerprint density at radius 2 is 2.18 bits per heavy atom. The minimum atomic E-state index is -0.297. The first-order valence-electron chi connectivity index (χ1n) is 6.94. The normalized spacial score (nSPS) is 11.2. The lowest BCUT2D eigenvalue weighted by Gasteiger charge is -2.10. The lowest BCUT2D eigenvalue weighted by molar-refractivity contribution is 0.616. The third-order valence-electron chi connectivity index (χ3n) is 3.43. The zero-order valence-corrected chi connectivity index (χ0v) is 13.9. The SMILES string of the molecule is CCc1cc2c(=O)n(Cc3cccc(F)c3)c(SC)nc2s1. The van der Waals surface area contributed by atoms with E-state index in [1.807, 2.05) is 18.4 Å². The van der Waals surface area contributed by atoms with E-state index in [1.165, 1.54) is 23.9 Å². The van der Waals surface area contributed by atoms with Crippen LogP contribution in [0.5, 0.6) is 0 Å². The standard InChI is InChI=1S/C16H15FN2OS2/c1-3-12-8-13-14(22-12)18-16(21-2)19(15(13)20)9-10-5-4-6-11(17)7-10/h4-8H,3,9H2,1-2H3. The average Bonchev–Trinajstić information content (AvgIpc) is 2.93. The van der Waals surface area contributed by atoms with Gasteiger partial charge in [0, 0.05) is 4.88 Å². The highest BCUT2D eigenvalue weighted by atomic mass is 32.2. The Hall–Kier alpha value is -1.66. The van der Waals surface area contributed by atoms with Gasteiger partial charge in [0.15, 0.2) is 5.16 Å². The molecule has 2 heterocycles. The van der Waals surface area contributed by atoms with Crippen LogP contribution in [0.15, 0.2) is 40.3 Å². The Morgan fingerprint density at radius 3 is 2.86 bits per heavy atom. The fourth-order valence-corrected chi connectivity index (χ4v) is 3.90. The number of hydrogen-bond donors (Lipinski definition) is 0. The molecule has 3 nitrogen and oxygen atoms in total. The van der Waals surface area contributed by atoms with Crippen molar-refractivity contribution in [2.24, 2.45) is 0 Å². The van der Waals surface area contributed by atoms with E-state index in [9.17, 15) is 9.18 Å². The largest absolute Gasteiger partial charge is 0.283 e. The molecule has 6 heteroatoms. The number of rotatable bonds is 4. The molecule has 0 radical (unpaired) electrons. The minimum absolute atomic E-state index is 0.0606. The first kappa shape index (κ1) is 15.2. The molecular formula is C16H15FN2OS2. The molecule has 0 saturated heterocycles. The molecule has 0 amide bonds. The van der Waals surface area contributed by atoms with Crippen LogP contribution >= 0.6 is 23.1 Å². The van der Waals surface area contributed by atoms with Crippen LogP contribution in [0.3, 0.4) is 0 Å². The van der Waals surface area contributed by atoms with Crippen molar-refractivity contribution < 1.29 is 4.39 Å². The van der Waals surface area contributed by atoms with Crippen LogP contribution in [0.1, 0.15) is 17.4 Å². The van der Waals surface area contributed by atoms with Crippen molar-refractivity contribution in [2.75, 3.05) is 6.26 Å². The van der Waals surface area contributed by atoms with Crippen LogP contribution in [0, 0.1) is 5.82 Å².